The van der Waals surface area contributed by atoms with E-state index >= 15 is 0 Å². The molecule has 3 aromatic carbocycles. The lowest BCUT2D eigenvalue weighted by molar-refractivity contribution is -0.123. The van der Waals surface area contributed by atoms with Gasteiger partial charge < -0.3 is 14.8 Å². The Bertz CT molecular complexity index is 1380. The highest BCUT2D eigenvalue weighted by Gasteiger charge is 2.35. The van der Waals surface area contributed by atoms with Gasteiger partial charge in [-0.3, -0.25) is 19.3 Å². The van der Waals surface area contributed by atoms with Crippen molar-refractivity contribution in [1.29, 1.82) is 0 Å². The van der Waals surface area contributed by atoms with Gasteiger partial charge in [-0.1, -0.05) is 53.5 Å². The molecule has 7 nitrogen and oxygen atoms in total. The van der Waals surface area contributed by atoms with Crippen LogP contribution in [0, 0.1) is 0 Å². The van der Waals surface area contributed by atoms with Gasteiger partial charge in [-0.15, -0.1) is 0 Å². The monoisotopic (exact) mass is 556 g/mol. The molecule has 0 radical (unpaired) electrons. The molecule has 4 rings (SSSR count). The summed E-state index contributed by atoms with van der Waals surface area (Å²) in [5.74, 6) is 0.0149. The third kappa shape index (κ3) is 6.85. The van der Waals surface area contributed by atoms with Crippen molar-refractivity contribution in [2.45, 2.75) is 13.5 Å². The van der Waals surface area contributed by atoms with E-state index in [4.69, 9.17) is 32.7 Å². The molecule has 0 saturated carbocycles. The first-order chi connectivity index (χ1) is 17.8. The lowest BCUT2D eigenvalue weighted by Gasteiger charge is -2.14. The molecular formula is C27H22Cl2N2O5S. The molecule has 3 amide bonds. The predicted octanol–water partition coefficient (Wildman–Crippen LogP) is 6.65. The Morgan fingerprint density at radius 1 is 1.00 bits per heavy atom. The molecule has 10 heteroatoms. The molecular weight excluding hydrogens is 535 g/mol. The number of thioether (sulfide) groups is 1. The van der Waals surface area contributed by atoms with Crippen molar-refractivity contribution in [3.63, 3.8) is 0 Å². The Labute approximate surface area is 228 Å². The number of carbonyl (C=O) groups excluding carboxylic acids is 3. The van der Waals surface area contributed by atoms with Crippen LogP contribution >= 0.6 is 35.0 Å². The third-order valence-corrected chi connectivity index (χ3v) is 6.70. The van der Waals surface area contributed by atoms with Crippen molar-refractivity contribution < 1.29 is 23.9 Å². The van der Waals surface area contributed by atoms with E-state index in [1.54, 1.807) is 72.8 Å². The van der Waals surface area contributed by atoms with Crippen LogP contribution in [-0.2, 0) is 16.1 Å². The van der Waals surface area contributed by atoms with Crippen LogP contribution in [0.25, 0.3) is 6.08 Å². The molecule has 0 aromatic heterocycles. The number of hydrogen-bond acceptors (Lipinski definition) is 6. The first-order valence-electron chi connectivity index (χ1n) is 11.3. The van der Waals surface area contributed by atoms with Gasteiger partial charge in [-0.05, 0) is 72.3 Å². The maximum atomic E-state index is 12.9. The average Bonchev–Trinajstić information content (AvgIpc) is 3.12. The number of hydrogen-bond donors (Lipinski definition) is 1. The molecule has 1 N–H and O–H groups in total. The number of carbonyl (C=O) groups is 3. The van der Waals surface area contributed by atoms with Gasteiger partial charge in [-0.25, -0.2) is 0 Å². The standard InChI is InChI=1S/C27H22Cl2N2O5S/c1-2-35-23-12-17(10-11-22(23)36-16-25(32)30-20-8-5-7-19(28)14-20)13-24-26(33)31(27(34)37-24)15-18-6-3-4-9-21(18)29/h3-14H,2,15-16H2,1H3,(H,30,32)/b24-13-. The van der Waals surface area contributed by atoms with Crippen LogP contribution in [0.15, 0.2) is 71.6 Å². The molecule has 37 heavy (non-hydrogen) atoms. The van der Waals surface area contributed by atoms with E-state index < -0.39 is 5.91 Å². The van der Waals surface area contributed by atoms with Crippen LogP contribution < -0.4 is 14.8 Å². The first-order valence-corrected chi connectivity index (χ1v) is 12.8. The second-order valence-electron chi connectivity index (χ2n) is 7.85. The number of benzene rings is 3. The molecule has 0 aliphatic carbocycles. The highest BCUT2D eigenvalue weighted by molar-refractivity contribution is 8.18. The number of halogens is 2. The lowest BCUT2D eigenvalue weighted by Crippen LogP contribution is -2.27. The van der Waals surface area contributed by atoms with Crippen LogP contribution in [-0.4, -0.2) is 35.2 Å². The second-order valence-corrected chi connectivity index (χ2v) is 9.68. The van der Waals surface area contributed by atoms with Crippen molar-refractivity contribution in [1.82, 2.24) is 4.90 Å². The third-order valence-electron chi connectivity index (χ3n) is 5.19. The molecule has 3 aromatic rings. The van der Waals surface area contributed by atoms with Crippen LogP contribution in [0.4, 0.5) is 10.5 Å². The summed E-state index contributed by atoms with van der Waals surface area (Å²) < 4.78 is 11.4. The Morgan fingerprint density at radius 3 is 2.57 bits per heavy atom. The normalized spacial score (nSPS) is 14.2. The van der Waals surface area contributed by atoms with Crippen LogP contribution in [0.3, 0.4) is 0 Å². The average molecular weight is 557 g/mol. The second kappa shape index (κ2) is 12.2. The number of nitrogens with one attached hydrogen (secondary N) is 1. The summed E-state index contributed by atoms with van der Waals surface area (Å²) in [5.41, 5.74) is 1.89. The molecule has 1 saturated heterocycles. The SMILES string of the molecule is CCOc1cc(/C=C2\SC(=O)N(Cc3ccccc3Cl)C2=O)ccc1OCC(=O)Nc1cccc(Cl)c1. The maximum Gasteiger partial charge on any atom is 0.293 e. The van der Waals surface area contributed by atoms with E-state index in [2.05, 4.69) is 5.32 Å². The van der Waals surface area contributed by atoms with Crippen molar-refractivity contribution >= 4 is 63.8 Å². The zero-order valence-electron chi connectivity index (χ0n) is 19.7. The number of amides is 3. The molecule has 190 valence electrons. The quantitative estimate of drug-likeness (QED) is 0.297. The van der Waals surface area contributed by atoms with E-state index in [1.807, 2.05) is 6.92 Å². The molecule has 1 aliphatic rings. The lowest BCUT2D eigenvalue weighted by atomic mass is 10.1. The first kappa shape index (κ1) is 26.6. The molecule has 0 bridgehead atoms. The number of ether oxygens (including phenoxy) is 2. The summed E-state index contributed by atoms with van der Waals surface area (Å²) in [7, 11) is 0. The topological polar surface area (TPSA) is 84.9 Å². The predicted molar refractivity (Wildman–Crippen MR) is 146 cm³/mol. The van der Waals surface area contributed by atoms with E-state index in [0.717, 1.165) is 16.7 Å². The van der Waals surface area contributed by atoms with E-state index in [1.165, 1.54) is 0 Å². The summed E-state index contributed by atoms with van der Waals surface area (Å²) >= 11 is 13.0. The number of imide groups is 1. The highest BCUT2D eigenvalue weighted by Crippen LogP contribution is 2.36. The van der Waals surface area contributed by atoms with Gasteiger partial charge >= 0.3 is 0 Å². The van der Waals surface area contributed by atoms with Gasteiger partial charge in [0.2, 0.25) is 0 Å². The van der Waals surface area contributed by atoms with E-state index in [-0.39, 0.29) is 29.2 Å². The van der Waals surface area contributed by atoms with Crippen LogP contribution in [0.5, 0.6) is 11.5 Å². The van der Waals surface area contributed by atoms with Crippen molar-refractivity contribution in [2.24, 2.45) is 0 Å². The smallest absolute Gasteiger partial charge is 0.293 e. The Balaban J connectivity index is 1.45. The molecule has 0 unspecified atom stereocenters. The minimum atomic E-state index is -0.397. The van der Waals surface area contributed by atoms with Crippen molar-refractivity contribution in [3.05, 3.63) is 92.8 Å². The summed E-state index contributed by atoms with van der Waals surface area (Å²) in [4.78, 5) is 39.2. The summed E-state index contributed by atoms with van der Waals surface area (Å²) in [5, 5.41) is 3.34. The minimum absolute atomic E-state index is 0.0932. The minimum Gasteiger partial charge on any atom is -0.490 e. The Kier molecular flexibility index (Phi) is 8.76. The fourth-order valence-corrected chi connectivity index (χ4v) is 4.72. The molecule has 1 aliphatic heterocycles. The van der Waals surface area contributed by atoms with Gasteiger partial charge in [0.05, 0.1) is 18.1 Å². The summed E-state index contributed by atoms with van der Waals surface area (Å²) in [6, 6.07) is 18.9. The maximum absolute atomic E-state index is 12.9. The zero-order chi connectivity index (χ0) is 26.4. The van der Waals surface area contributed by atoms with Gasteiger partial charge in [0.1, 0.15) is 0 Å². The van der Waals surface area contributed by atoms with Gasteiger partial charge in [0.15, 0.2) is 18.1 Å². The number of rotatable bonds is 9. The largest absolute Gasteiger partial charge is 0.490 e. The van der Waals surface area contributed by atoms with E-state index in [9.17, 15) is 14.4 Å². The number of nitrogens with zero attached hydrogens (tertiary/aromatic N) is 1. The zero-order valence-corrected chi connectivity index (χ0v) is 22.0. The summed E-state index contributed by atoms with van der Waals surface area (Å²) in [6.45, 7) is 2.04. The van der Waals surface area contributed by atoms with Crippen molar-refractivity contribution in [2.75, 3.05) is 18.5 Å². The summed E-state index contributed by atoms with van der Waals surface area (Å²) in [6.07, 6.45) is 1.62. The molecule has 1 heterocycles. The fourth-order valence-electron chi connectivity index (χ4n) is 3.49. The van der Waals surface area contributed by atoms with Crippen molar-refractivity contribution in [3.8, 4) is 11.5 Å². The fraction of sp³-hybridized carbons (Fsp3) is 0.148. The molecule has 0 spiro atoms. The Hall–Kier alpha value is -3.46. The number of anilines is 1. The van der Waals surface area contributed by atoms with Gasteiger partial charge in [0.25, 0.3) is 17.1 Å². The van der Waals surface area contributed by atoms with E-state index in [0.29, 0.717) is 45.0 Å². The van der Waals surface area contributed by atoms with Crippen LogP contribution in [0.2, 0.25) is 10.0 Å². The highest BCUT2D eigenvalue weighted by atomic mass is 35.5. The Morgan fingerprint density at radius 2 is 1.81 bits per heavy atom. The van der Waals surface area contributed by atoms with Gasteiger partial charge in [0, 0.05) is 15.7 Å². The molecule has 1 fully saturated rings. The van der Waals surface area contributed by atoms with Gasteiger partial charge in [-0.2, -0.15) is 0 Å². The van der Waals surface area contributed by atoms with Crippen LogP contribution in [0.1, 0.15) is 18.1 Å². The molecule has 0 atom stereocenters.